The fraction of sp³-hybridized carbons (Fsp3) is 0.400. The molecule has 152 valence electrons. The number of sulfonamides is 2. The standard InChI is InChI=1S/C20H26N2O4S2/c1-15-8-11-18(14-20(15)28(25,26)21-2)22-27(23,24)19-12-9-17(10-13-19)16-6-4-3-5-7-16/h8-14,16,21-22H,3-7H2,1-2H3. The lowest BCUT2D eigenvalue weighted by Gasteiger charge is -2.22. The summed E-state index contributed by atoms with van der Waals surface area (Å²) in [5.74, 6) is 0.505. The average molecular weight is 423 g/mol. The molecule has 6 nitrogen and oxygen atoms in total. The lowest BCUT2D eigenvalue weighted by atomic mass is 9.84. The van der Waals surface area contributed by atoms with Gasteiger partial charge in [-0.25, -0.2) is 21.6 Å². The van der Waals surface area contributed by atoms with Crippen LogP contribution in [0.4, 0.5) is 5.69 Å². The second-order valence-corrected chi connectivity index (χ2v) is 10.7. The molecule has 1 saturated carbocycles. The van der Waals surface area contributed by atoms with E-state index in [1.54, 1.807) is 31.2 Å². The van der Waals surface area contributed by atoms with Gasteiger partial charge in [-0.05, 0) is 68.1 Å². The van der Waals surface area contributed by atoms with Crippen molar-refractivity contribution in [3.8, 4) is 0 Å². The maximum atomic E-state index is 12.7. The zero-order chi connectivity index (χ0) is 20.4. The van der Waals surface area contributed by atoms with Crippen LogP contribution in [0.2, 0.25) is 0 Å². The maximum absolute atomic E-state index is 12.7. The lowest BCUT2D eigenvalue weighted by molar-refractivity contribution is 0.443. The Morgan fingerprint density at radius 1 is 0.857 bits per heavy atom. The topological polar surface area (TPSA) is 92.3 Å². The largest absolute Gasteiger partial charge is 0.280 e. The second-order valence-electron chi connectivity index (χ2n) is 7.20. The highest BCUT2D eigenvalue weighted by molar-refractivity contribution is 7.92. The number of aryl methyl sites for hydroxylation is 1. The van der Waals surface area contributed by atoms with Crippen LogP contribution in [0.15, 0.2) is 52.3 Å². The molecule has 0 atom stereocenters. The molecule has 0 aromatic heterocycles. The van der Waals surface area contributed by atoms with Gasteiger partial charge < -0.3 is 0 Å². The molecule has 0 heterocycles. The van der Waals surface area contributed by atoms with Crippen molar-refractivity contribution in [3.05, 3.63) is 53.6 Å². The summed E-state index contributed by atoms with van der Waals surface area (Å²) in [5, 5.41) is 0. The van der Waals surface area contributed by atoms with Gasteiger partial charge in [-0.15, -0.1) is 0 Å². The van der Waals surface area contributed by atoms with Crippen molar-refractivity contribution in [1.29, 1.82) is 0 Å². The van der Waals surface area contributed by atoms with Crippen LogP contribution in [0, 0.1) is 6.92 Å². The van der Waals surface area contributed by atoms with E-state index in [2.05, 4.69) is 9.44 Å². The van der Waals surface area contributed by atoms with Gasteiger partial charge in [-0.2, -0.15) is 0 Å². The van der Waals surface area contributed by atoms with Crippen LogP contribution in [0.25, 0.3) is 0 Å². The molecule has 0 unspecified atom stereocenters. The normalized spacial score (nSPS) is 16.1. The Labute approximate surface area is 167 Å². The Kier molecular flexibility index (Phi) is 6.12. The molecule has 0 saturated heterocycles. The van der Waals surface area contributed by atoms with E-state index in [0.29, 0.717) is 11.5 Å². The molecule has 3 rings (SSSR count). The van der Waals surface area contributed by atoms with Crippen molar-refractivity contribution in [2.45, 2.75) is 54.7 Å². The summed E-state index contributed by atoms with van der Waals surface area (Å²) in [6.07, 6.45) is 6.01. The summed E-state index contributed by atoms with van der Waals surface area (Å²) >= 11 is 0. The molecule has 0 bridgehead atoms. The van der Waals surface area contributed by atoms with Gasteiger partial charge >= 0.3 is 0 Å². The molecular formula is C20H26N2O4S2. The highest BCUT2D eigenvalue weighted by atomic mass is 32.2. The third-order valence-corrected chi connectivity index (χ3v) is 8.22. The van der Waals surface area contributed by atoms with Gasteiger partial charge in [0.25, 0.3) is 10.0 Å². The Hall–Kier alpha value is -1.90. The van der Waals surface area contributed by atoms with Gasteiger partial charge in [0.15, 0.2) is 0 Å². The lowest BCUT2D eigenvalue weighted by Crippen LogP contribution is -2.20. The molecule has 28 heavy (non-hydrogen) atoms. The van der Waals surface area contributed by atoms with E-state index in [1.165, 1.54) is 37.9 Å². The molecule has 1 aliphatic rings. The van der Waals surface area contributed by atoms with E-state index in [1.807, 2.05) is 12.1 Å². The quantitative estimate of drug-likeness (QED) is 0.741. The minimum atomic E-state index is -3.81. The number of nitrogens with one attached hydrogen (secondary N) is 2. The van der Waals surface area contributed by atoms with Crippen molar-refractivity contribution in [2.75, 3.05) is 11.8 Å². The second kappa shape index (κ2) is 8.23. The van der Waals surface area contributed by atoms with Crippen molar-refractivity contribution in [1.82, 2.24) is 4.72 Å². The minimum Gasteiger partial charge on any atom is -0.280 e. The molecule has 8 heteroatoms. The van der Waals surface area contributed by atoms with Crippen LogP contribution in [-0.4, -0.2) is 23.9 Å². The molecule has 1 fully saturated rings. The zero-order valence-electron chi connectivity index (χ0n) is 16.1. The minimum absolute atomic E-state index is 0.0443. The summed E-state index contributed by atoms with van der Waals surface area (Å²) in [5.41, 5.74) is 1.92. The van der Waals surface area contributed by atoms with Gasteiger partial charge in [0, 0.05) is 0 Å². The maximum Gasteiger partial charge on any atom is 0.261 e. The fourth-order valence-corrected chi connectivity index (χ4v) is 5.68. The highest BCUT2D eigenvalue weighted by Gasteiger charge is 2.20. The summed E-state index contributed by atoms with van der Waals surface area (Å²) in [7, 11) is -6.16. The first kappa shape index (κ1) is 20.8. The van der Waals surface area contributed by atoms with E-state index < -0.39 is 20.0 Å². The molecule has 0 aliphatic heterocycles. The first-order chi connectivity index (χ1) is 13.2. The Balaban J connectivity index is 1.83. The van der Waals surface area contributed by atoms with Crippen molar-refractivity contribution in [2.24, 2.45) is 0 Å². The van der Waals surface area contributed by atoms with Crippen molar-refractivity contribution >= 4 is 25.7 Å². The predicted octanol–water partition coefficient (Wildman–Crippen LogP) is 3.75. The van der Waals surface area contributed by atoms with E-state index in [9.17, 15) is 16.8 Å². The molecule has 1 aliphatic carbocycles. The van der Waals surface area contributed by atoms with Crippen LogP contribution >= 0.6 is 0 Å². The predicted molar refractivity (Wildman–Crippen MR) is 111 cm³/mol. The number of rotatable bonds is 6. The Morgan fingerprint density at radius 2 is 1.50 bits per heavy atom. The first-order valence-electron chi connectivity index (χ1n) is 9.40. The van der Waals surface area contributed by atoms with Crippen LogP contribution in [0.1, 0.15) is 49.1 Å². The number of anilines is 1. The molecule has 0 spiro atoms. The number of hydrogen-bond acceptors (Lipinski definition) is 4. The third kappa shape index (κ3) is 4.56. The molecule has 0 radical (unpaired) electrons. The van der Waals surface area contributed by atoms with Crippen LogP contribution in [0.3, 0.4) is 0 Å². The molecular weight excluding hydrogens is 396 g/mol. The Bertz CT molecular complexity index is 1040. The summed E-state index contributed by atoms with van der Waals surface area (Å²) < 4.78 is 54.4. The molecule has 0 amide bonds. The Morgan fingerprint density at radius 3 is 2.11 bits per heavy atom. The van der Waals surface area contributed by atoms with Crippen LogP contribution in [0.5, 0.6) is 0 Å². The van der Waals surface area contributed by atoms with Crippen molar-refractivity contribution in [3.63, 3.8) is 0 Å². The molecule has 2 aromatic rings. The van der Waals surface area contributed by atoms with Gasteiger partial charge in [-0.3, -0.25) is 4.72 Å². The van der Waals surface area contributed by atoms with Gasteiger partial charge in [0.1, 0.15) is 0 Å². The zero-order valence-corrected chi connectivity index (χ0v) is 17.7. The van der Waals surface area contributed by atoms with Crippen LogP contribution < -0.4 is 9.44 Å². The molecule has 2 aromatic carbocycles. The first-order valence-corrected chi connectivity index (χ1v) is 12.4. The van der Waals surface area contributed by atoms with Crippen molar-refractivity contribution < 1.29 is 16.8 Å². The van der Waals surface area contributed by atoms with E-state index in [0.717, 1.165) is 12.8 Å². The summed E-state index contributed by atoms with van der Waals surface area (Å²) in [4.78, 5) is 0.202. The molecule has 2 N–H and O–H groups in total. The average Bonchev–Trinajstić information content (AvgIpc) is 2.70. The van der Waals surface area contributed by atoms with E-state index >= 15 is 0 Å². The highest BCUT2D eigenvalue weighted by Crippen LogP contribution is 2.33. The van der Waals surface area contributed by atoms with Crippen LogP contribution in [-0.2, 0) is 20.0 Å². The number of hydrogen-bond donors (Lipinski definition) is 2. The third-order valence-electron chi connectivity index (χ3n) is 5.27. The van der Waals surface area contributed by atoms with Gasteiger partial charge in [-0.1, -0.05) is 37.5 Å². The SMILES string of the molecule is CNS(=O)(=O)c1cc(NS(=O)(=O)c2ccc(C3CCCCC3)cc2)ccc1C. The van der Waals surface area contributed by atoms with Gasteiger partial charge in [0.05, 0.1) is 15.5 Å². The monoisotopic (exact) mass is 422 g/mol. The van der Waals surface area contributed by atoms with E-state index in [4.69, 9.17) is 0 Å². The fourth-order valence-electron chi connectivity index (χ4n) is 3.63. The summed E-state index contributed by atoms with van der Waals surface area (Å²) in [6.45, 7) is 1.66. The number of benzene rings is 2. The van der Waals surface area contributed by atoms with Gasteiger partial charge in [0.2, 0.25) is 10.0 Å². The summed E-state index contributed by atoms with van der Waals surface area (Å²) in [6, 6.07) is 11.5. The smallest absolute Gasteiger partial charge is 0.261 e. The van der Waals surface area contributed by atoms with E-state index in [-0.39, 0.29) is 15.5 Å².